The van der Waals surface area contributed by atoms with E-state index >= 15 is 0 Å². The predicted molar refractivity (Wildman–Crippen MR) is 468 cm³/mol. The zero-order valence-corrected chi connectivity index (χ0v) is 76.1. The number of benzene rings is 4. The molecule has 0 spiro atoms. The van der Waals surface area contributed by atoms with Gasteiger partial charge in [0.1, 0.15) is 39.7 Å². The van der Waals surface area contributed by atoms with Gasteiger partial charge in [-0.2, -0.15) is 0 Å². The van der Waals surface area contributed by atoms with Crippen molar-refractivity contribution in [2.24, 2.45) is 40.4 Å². The fourth-order valence-electron chi connectivity index (χ4n) is 17.2. The number of carboxylic acid groups (broad SMARTS) is 2. The summed E-state index contributed by atoms with van der Waals surface area (Å²) < 4.78 is 53.8. The number of alkyl carbamates (subject to hydrolysis) is 1. The monoisotopic (exact) mass is 1770 g/mol. The van der Waals surface area contributed by atoms with E-state index < -0.39 is 117 Å². The first kappa shape index (κ1) is 96.7. The van der Waals surface area contributed by atoms with Gasteiger partial charge < -0.3 is 89.2 Å². The molecule has 7 aromatic rings. The Morgan fingerprint density at radius 1 is 0.581 bits per heavy atom. The lowest BCUT2D eigenvalue weighted by Crippen LogP contribution is -2.65. The van der Waals surface area contributed by atoms with Crippen molar-refractivity contribution in [1.82, 2.24) is 46.5 Å². The number of fused-ring (bicyclic) bond motifs is 1. The van der Waals surface area contributed by atoms with Crippen LogP contribution >= 0.6 is 34.0 Å². The zero-order valence-electron chi connectivity index (χ0n) is 73.7. The van der Waals surface area contributed by atoms with Crippen molar-refractivity contribution in [3.8, 4) is 5.75 Å². The van der Waals surface area contributed by atoms with Gasteiger partial charge in [0.05, 0.1) is 52.7 Å². The second-order valence-electron chi connectivity index (χ2n) is 37.0. The summed E-state index contributed by atoms with van der Waals surface area (Å²) in [6, 6.07) is 23.3. The van der Waals surface area contributed by atoms with Gasteiger partial charge in [-0.15, -0.1) is 30.6 Å². The van der Waals surface area contributed by atoms with E-state index in [9.17, 15) is 48.5 Å². The van der Waals surface area contributed by atoms with Crippen LogP contribution in [0.1, 0.15) is 260 Å². The number of anilines is 2. The van der Waals surface area contributed by atoms with E-state index in [0.717, 1.165) is 75.5 Å². The summed E-state index contributed by atoms with van der Waals surface area (Å²) in [4.78, 5) is 98.5. The summed E-state index contributed by atoms with van der Waals surface area (Å²) in [6.45, 7) is 39.4. The largest absolute Gasteiger partial charge is 0.535 e. The summed E-state index contributed by atoms with van der Waals surface area (Å²) in [5.74, 6) is -1.53. The van der Waals surface area contributed by atoms with Crippen LogP contribution in [0, 0.1) is 61.2 Å². The summed E-state index contributed by atoms with van der Waals surface area (Å²) >= 11 is 2.94. The normalized spacial score (nSPS) is 22.5. The molecule has 3 aliphatic heterocycles. The first-order chi connectivity index (χ1) is 57.8. The molecule has 124 heavy (non-hydrogen) atoms. The summed E-state index contributed by atoms with van der Waals surface area (Å²) in [5, 5.41) is 78.4. The highest BCUT2D eigenvalue weighted by atomic mass is 32.1. The van der Waals surface area contributed by atoms with Crippen LogP contribution in [0.25, 0.3) is 0 Å². The molecule has 8 fully saturated rings. The molecule has 4 bridgehead atoms. The molecule has 16 rings (SSSR count). The van der Waals surface area contributed by atoms with Crippen LogP contribution in [0.2, 0.25) is 25.3 Å². The molecule has 2 saturated heterocycles. The third-order valence-electron chi connectivity index (χ3n) is 23.3. The number of aromatic carboxylic acids is 2. The number of hydrogen-bond acceptors (Lipinski definition) is 30. The average Bonchev–Trinajstić information content (AvgIpc) is 1.46. The van der Waals surface area contributed by atoms with Crippen molar-refractivity contribution in [3.05, 3.63) is 155 Å². The van der Waals surface area contributed by atoms with Gasteiger partial charge in [0.25, 0.3) is 11.8 Å². The van der Waals surface area contributed by atoms with E-state index in [1.54, 1.807) is 58.0 Å². The Hall–Kier alpha value is -9.50. The standard InChI is InChI=1S/C32H45BN4O7S.C32H42BNO6.C12H11BN4O5S.C4H11BO2.C4H4N2O2S/c1-17-19(12-11-13-20(17)26(39)41-29(2,3)4)21(16-33-43-23-15-18-14-22(31(18,8)9)32(23,10)44-33)34-24(38)25-36-37-27(45-25)35-28(40)42-30(5,6)7;1-20-23(14-11-15-24(20)28(35)38-30(2,3)4)25(34-29(36)37-19-21-12-9-8-10-13-21)18-33-39-27-17-22-16-26(31(22,5)6)32(27,7)40-33;14-12-17-16-10(23-12)9(18)15-7-4-13(21)22-8-5(7)2-1-3-6(8)11(19)20;1-4(2)3-5(6)7;1-2-5-6-3(9-2)4(7)8/h11-13,18,21-23H,14-16H2,1-10H3,(H,34,38)(H,35,37,40);8-15,22,25-27H,16-19H2,1-7H3,(H,34,36);1-3,7,21H,4H2,(H2,14,17)(H,15,18)(H,19,20);4,6-7H,3H2,1-2H3;1H3,(H,7,8)/t18-,21?,22-,23?,32-;22-,25?,26-,27?,32-;;;/m00.../s1. The van der Waals surface area contributed by atoms with Gasteiger partial charge in [0.2, 0.25) is 25.3 Å². The molecule has 6 saturated carbocycles. The number of aromatic nitrogens is 6. The van der Waals surface area contributed by atoms with Crippen molar-refractivity contribution in [2.45, 2.75) is 254 Å². The Morgan fingerprint density at radius 3 is 1.52 bits per heavy atom. The number of carbonyl (C=O) groups is 8. The fourth-order valence-corrected chi connectivity index (χ4v) is 18.9. The molecule has 666 valence electrons. The van der Waals surface area contributed by atoms with Crippen molar-refractivity contribution >= 4 is 121 Å². The molecule has 9 aliphatic rings. The minimum Gasteiger partial charge on any atom is -0.535 e. The number of nitrogen functional groups attached to an aromatic ring is 1. The second-order valence-corrected chi connectivity index (χ2v) is 40.2. The third-order valence-corrected chi connectivity index (χ3v) is 25.7. The molecule has 3 aromatic heterocycles. The van der Waals surface area contributed by atoms with E-state index in [-0.39, 0.29) is 78.2 Å². The average molecular weight is 1770 g/mol. The van der Waals surface area contributed by atoms with Gasteiger partial charge in [0, 0.05) is 24.5 Å². The highest BCUT2D eigenvalue weighted by molar-refractivity contribution is 7.17. The Kier molecular flexibility index (Phi) is 30.5. The highest BCUT2D eigenvalue weighted by Gasteiger charge is 2.69. The number of ether oxygens (including phenoxy) is 4. The van der Waals surface area contributed by atoms with Crippen LogP contribution in [0.5, 0.6) is 5.75 Å². The minimum atomic E-state index is -1.23. The van der Waals surface area contributed by atoms with E-state index in [0.29, 0.717) is 75.8 Å². The van der Waals surface area contributed by atoms with Crippen molar-refractivity contribution in [2.75, 3.05) is 11.1 Å². The van der Waals surface area contributed by atoms with Crippen LogP contribution in [-0.4, -0.2) is 172 Å². The highest BCUT2D eigenvalue weighted by Crippen LogP contribution is 2.67. The number of nitrogens with two attached hydrogens (primary N) is 1. The number of amides is 4. The van der Waals surface area contributed by atoms with Gasteiger partial charge in [-0.25, -0.2) is 28.8 Å². The van der Waals surface area contributed by atoms with Gasteiger partial charge in [-0.1, -0.05) is 142 Å². The van der Waals surface area contributed by atoms with Crippen molar-refractivity contribution < 1.29 is 106 Å². The van der Waals surface area contributed by atoms with Crippen LogP contribution in [0.3, 0.4) is 0 Å². The smallest absolute Gasteiger partial charge is 0.525 e. The molecule has 6 aliphatic carbocycles. The summed E-state index contributed by atoms with van der Waals surface area (Å²) in [7, 11) is -3.41. The maximum absolute atomic E-state index is 13.6. The minimum absolute atomic E-state index is 0.0190. The van der Waals surface area contributed by atoms with Gasteiger partial charge in [-0.3, -0.25) is 14.9 Å². The number of esters is 2. The number of carboxylic acids is 2. The van der Waals surface area contributed by atoms with Gasteiger partial charge >= 0.3 is 64.5 Å². The second kappa shape index (κ2) is 39.2. The molecule has 11 N–H and O–H groups in total. The van der Waals surface area contributed by atoms with Crippen LogP contribution < -0.4 is 31.7 Å². The lowest BCUT2D eigenvalue weighted by molar-refractivity contribution is -0.199. The molecule has 11 atom stereocenters. The molecule has 4 amide bonds. The molecule has 6 heterocycles. The number of nitrogens with zero attached hydrogens (tertiary/aromatic N) is 6. The number of aryl methyl sites for hydroxylation is 1. The van der Waals surface area contributed by atoms with Crippen LogP contribution in [-0.2, 0) is 44.2 Å². The Balaban J connectivity index is 0.000000184. The summed E-state index contributed by atoms with van der Waals surface area (Å²) in [5.41, 5.74) is 8.27. The molecule has 0 radical (unpaired) electrons. The van der Waals surface area contributed by atoms with Crippen molar-refractivity contribution in [1.29, 1.82) is 0 Å². The van der Waals surface area contributed by atoms with Crippen LogP contribution in [0.4, 0.5) is 19.9 Å². The van der Waals surface area contributed by atoms with E-state index in [1.165, 1.54) is 12.5 Å². The molecule has 5 unspecified atom stereocenters. The molecule has 4 aromatic carbocycles. The first-order valence-corrected chi connectivity index (χ1v) is 43.7. The van der Waals surface area contributed by atoms with Gasteiger partial charge in [-0.05, 0) is 215 Å². The molecular weight excluding hydrogens is 1650 g/mol. The number of rotatable bonds is 20. The third kappa shape index (κ3) is 24.0. The number of carbonyl (C=O) groups excluding carboxylic acids is 6. The molecule has 40 heteroatoms. The predicted octanol–water partition coefficient (Wildman–Crippen LogP) is 13.8. The van der Waals surface area contributed by atoms with Gasteiger partial charge in [0.15, 0.2) is 0 Å². The van der Waals surface area contributed by atoms with E-state index in [1.807, 2.05) is 118 Å². The fraction of sp³-hybridized carbons (Fsp3) is 0.548. The topological polar surface area (TPSA) is 472 Å². The summed E-state index contributed by atoms with van der Waals surface area (Å²) in [6.07, 6.45) is 4.27. The maximum Gasteiger partial charge on any atom is 0.525 e. The Bertz CT molecular complexity index is 5000. The number of nitrogens with one attached hydrogen (secondary N) is 4. The lowest BCUT2D eigenvalue weighted by Gasteiger charge is -2.64. The Labute approximate surface area is 735 Å². The lowest BCUT2D eigenvalue weighted by atomic mass is 9.43. The maximum atomic E-state index is 13.6. The van der Waals surface area contributed by atoms with Crippen molar-refractivity contribution in [3.63, 3.8) is 0 Å². The number of para-hydroxylation sites is 1. The molecule has 33 nitrogen and oxygen atoms in total. The zero-order chi connectivity index (χ0) is 91.3. The SMILES string of the molecule is CC(C)CB(O)O.Cc1c(C(=O)OC(C)(C)C)cccc1C(CB1OC2C[C@@H]3C[C@@H](C3(C)C)[C@]2(C)O1)NC(=O)OCc1ccccc1.Cc1c(C(=O)OC(C)(C)C)cccc1C(CB1OC2C[C@@H]3C[C@@H](C3(C)C)[C@]2(C)O1)NC(=O)c1nnc(NC(=O)OC(C)(C)C)s1.Cc1nnc(C(=O)O)s1.Nc1nnc(C(=O)NC2CB(O)Oc3c(C(=O)O)cccc32)s1. The first-order valence-electron chi connectivity index (χ1n) is 41.3. The van der Waals surface area contributed by atoms with Crippen LogP contribution in [0.15, 0.2) is 84.9 Å². The van der Waals surface area contributed by atoms with E-state index in [4.69, 9.17) is 63.1 Å². The number of hydrogen-bond donors (Lipinski definition) is 10. The Morgan fingerprint density at radius 2 is 1.07 bits per heavy atom. The van der Waals surface area contributed by atoms with E-state index in [2.05, 4.69) is 93.4 Å². The molecular formula is C84H113B4N11O22S3. The quantitative estimate of drug-likeness (QED) is 0.0192.